The number of fused-ring (bicyclic) bond motifs is 3. The van der Waals surface area contributed by atoms with Gasteiger partial charge in [-0.15, -0.1) is 0 Å². The zero-order valence-electron chi connectivity index (χ0n) is 10.8. The number of benzene rings is 3. The van der Waals surface area contributed by atoms with Gasteiger partial charge in [0.2, 0.25) is 0 Å². The van der Waals surface area contributed by atoms with Gasteiger partial charge in [-0.2, -0.15) is 0 Å². The second-order valence-corrected chi connectivity index (χ2v) is 5.18. The third kappa shape index (κ3) is 1.72. The van der Waals surface area contributed by atoms with Crippen LogP contribution in [0, 0.1) is 0 Å². The fraction of sp³-hybridized carbons (Fsp3) is 0.176. The van der Waals surface area contributed by atoms with Crippen molar-refractivity contribution in [3.63, 3.8) is 0 Å². The molecule has 0 radical (unpaired) electrons. The van der Waals surface area contributed by atoms with E-state index in [2.05, 4.69) is 56.3 Å². The van der Waals surface area contributed by atoms with Crippen molar-refractivity contribution in [1.82, 2.24) is 0 Å². The predicted molar refractivity (Wildman–Crippen MR) is 80.0 cm³/mol. The van der Waals surface area contributed by atoms with Gasteiger partial charge >= 0.3 is 0 Å². The number of hydrogen-bond acceptors (Lipinski definition) is 1. The van der Waals surface area contributed by atoms with Crippen LogP contribution in [0.25, 0.3) is 21.5 Å². The molecule has 0 spiro atoms. The largest absolute Gasteiger partial charge is 0.399 e. The maximum atomic E-state index is 5.91. The van der Waals surface area contributed by atoms with Crippen LogP contribution in [0.5, 0.6) is 0 Å². The van der Waals surface area contributed by atoms with Gasteiger partial charge in [0.1, 0.15) is 0 Å². The molecule has 0 fully saturated rings. The first-order valence-corrected chi connectivity index (χ1v) is 6.37. The summed E-state index contributed by atoms with van der Waals surface area (Å²) in [4.78, 5) is 0. The quantitative estimate of drug-likeness (QED) is 0.480. The summed E-state index contributed by atoms with van der Waals surface area (Å²) in [6.45, 7) is 4.45. The molecule has 0 aromatic heterocycles. The molecule has 0 bridgehead atoms. The molecule has 0 aliphatic heterocycles. The number of rotatable bonds is 1. The first-order valence-electron chi connectivity index (χ1n) is 6.37. The lowest BCUT2D eigenvalue weighted by Crippen LogP contribution is -1.88. The van der Waals surface area contributed by atoms with E-state index in [9.17, 15) is 0 Å². The van der Waals surface area contributed by atoms with Crippen molar-refractivity contribution < 1.29 is 0 Å². The van der Waals surface area contributed by atoms with E-state index in [4.69, 9.17) is 5.73 Å². The first-order chi connectivity index (χ1) is 8.65. The van der Waals surface area contributed by atoms with Gasteiger partial charge in [0, 0.05) is 5.69 Å². The lowest BCUT2D eigenvalue weighted by molar-refractivity contribution is 0.869. The van der Waals surface area contributed by atoms with Gasteiger partial charge in [-0.25, -0.2) is 0 Å². The molecule has 3 rings (SSSR count). The highest BCUT2D eigenvalue weighted by molar-refractivity contribution is 6.08. The Morgan fingerprint density at radius 3 is 2.00 bits per heavy atom. The topological polar surface area (TPSA) is 26.0 Å². The minimum atomic E-state index is 0.547. The normalized spacial score (nSPS) is 11.5. The Morgan fingerprint density at radius 2 is 1.33 bits per heavy atom. The molecule has 1 heteroatoms. The molecule has 1 nitrogen and oxygen atoms in total. The van der Waals surface area contributed by atoms with Crippen LogP contribution < -0.4 is 5.73 Å². The van der Waals surface area contributed by atoms with Gasteiger partial charge in [-0.1, -0.05) is 50.2 Å². The fourth-order valence-electron chi connectivity index (χ4n) is 2.44. The van der Waals surface area contributed by atoms with Gasteiger partial charge < -0.3 is 5.73 Å². The maximum Gasteiger partial charge on any atom is 0.0320 e. The third-order valence-corrected chi connectivity index (χ3v) is 3.55. The summed E-state index contributed by atoms with van der Waals surface area (Å²) in [5.74, 6) is 0.547. The van der Waals surface area contributed by atoms with E-state index < -0.39 is 0 Å². The summed E-state index contributed by atoms with van der Waals surface area (Å²) >= 11 is 0. The van der Waals surface area contributed by atoms with Crippen molar-refractivity contribution in [2.24, 2.45) is 0 Å². The van der Waals surface area contributed by atoms with Crippen molar-refractivity contribution in [2.45, 2.75) is 19.8 Å². The average Bonchev–Trinajstić information content (AvgIpc) is 2.37. The van der Waals surface area contributed by atoms with Crippen molar-refractivity contribution in [3.8, 4) is 0 Å². The molecule has 18 heavy (non-hydrogen) atoms. The van der Waals surface area contributed by atoms with E-state index >= 15 is 0 Å². The number of anilines is 1. The lowest BCUT2D eigenvalue weighted by Gasteiger charge is -2.09. The molecule has 0 unspecified atom stereocenters. The van der Waals surface area contributed by atoms with E-state index in [-0.39, 0.29) is 0 Å². The Bertz CT molecular complexity index is 726. The maximum absolute atomic E-state index is 5.91. The average molecular weight is 235 g/mol. The molecule has 0 saturated carbocycles. The monoisotopic (exact) mass is 235 g/mol. The van der Waals surface area contributed by atoms with Gasteiger partial charge in [0.05, 0.1) is 0 Å². The highest BCUT2D eigenvalue weighted by Crippen LogP contribution is 2.29. The number of nitrogens with two attached hydrogens (primary N) is 1. The van der Waals surface area contributed by atoms with Gasteiger partial charge in [-0.05, 0) is 45.2 Å². The molecule has 0 aliphatic rings. The zero-order chi connectivity index (χ0) is 12.7. The molecule has 90 valence electrons. The zero-order valence-corrected chi connectivity index (χ0v) is 10.8. The summed E-state index contributed by atoms with van der Waals surface area (Å²) < 4.78 is 0. The molecule has 3 aromatic rings. The summed E-state index contributed by atoms with van der Waals surface area (Å²) in [5, 5.41) is 5.07. The second kappa shape index (κ2) is 4.02. The van der Waals surface area contributed by atoms with Crippen LogP contribution >= 0.6 is 0 Å². The SMILES string of the molecule is CC(C)c1ccc2ccc3ccc(N)cc3c2c1. The fourth-order valence-corrected chi connectivity index (χ4v) is 2.44. The van der Waals surface area contributed by atoms with Crippen LogP contribution in [0.2, 0.25) is 0 Å². The Labute approximate surface area is 107 Å². The summed E-state index contributed by atoms with van der Waals surface area (Å²) in [6, 6.07) is 17.2. The van der Waals surface area contributed by atoms with Crippen LogP contribution in [0.1, 0.15) is 25.3 Å². The summed E-state index contributed by atoms with van der Waals surface area (Å²) in [6.07, 6.45) is 0. The Kier molecular flexibility index (Phi) is 2.48. The van der Waals surface area contributed by atoms with E-state index in [0.29, 0.717) is 5.92 Å². The minimum Gasteiger partial charge on any atom is -0.399 e. The number of hydrogen-bond donors (Lipinski definition) is 1. The molecule has 3 aromatic carbocycles. The molecule has 0 saturated heterocycles. The molecular weight excluding hydrogens is 218 g/mol. The Balaban J connectivity index is 2.42. The summed E-state index contributed by atoms with van der Waals surface area (Å²) in [7, 11) is 0. The molecule has 0 heterocycles. The van der Waals surface area contributed by atoms with Crippen LogP contribution in [0.15, 0.2) is 48.5 Å². The smallest absolute Gasteiger partial charge is 0.0320 e. The molecule has 2 N–H and O–H groups in total. The van der Waals surface area contributed by atoms with Crippen molar-refractivity contribution >= 4 is 27.2 Å². The highest BCUT2D eigenvalue weighted by Gasteiger charge is 2.04. The third-order valence-electron chi connectivity index (χ3n) is 3.55. The summed E-state index contributed by atoms with van der Waals surface area (Å²) in [5.41, 5.74) is 8.11. The van der Waals surface area contributed by atoms with Gasteiger partial charge in [0.25, 0.3) is 0 Å². The molecule has 0 amide bonds. The second-order valence-electron chi connectivity index (χ2n) is 5.18. The van der Waals surface area contributed by atoms with Gasteiger partial charge in [0.15, 0.2) is 0 Å². The molecule has 0 aliphatic carbocycles. The van der Waals surface area contributed by atoms with Gasteiger partial charge in [-0.3, -0.25) is 0 Å². The van der Waals surface area contributed by atoms with Crippen molar-refractivity contribution in [2.75, 3.05) is 5.73 Å². The molecular formula is C17H17N. The highest BCUT2D eigenvalue weighted by atomic mass is 14.5. The van der Waals surface area contributed by atoms with E-state index in [1.165, 1.54) is 27.1 Å². The van der Waals surface area contributed by atoms with E-state index in [0.717, 1.165) is 5.69 Å². The minimum absolute atomic E-state index is 0.547. The van der Waals surface area contributed by atoms with Crippen LogP contribution in [0.3, 0.4) is 0 Å². The van der Waals surface area contributed by atoms with Crippen molar-refractivity contribution in [3.05, 3.63) is 54.1 Å². The van der Waals surface area contributed by atoms with Crippen LogP contribution in [-0.4, -0.2) is 0 Å². The first kappa shape index (κ1) is 11.1. The Hall–Kier alpha value is -2.02. The van der Waals surface area contributed by atoms with Crippen LogP contribution in [0.4, 0.5) is 5.69 Å². The Morgan fingerprint density at radius 1 is 0.778 bits per heavy atom. The van der Waals surface area contributed by atoms with E-state index in [1.807, 2.05) is 6.07 Å². The van der Waals surface area contributed by atoms with Crippen molar-refractivity contribution in [1.29, 1.82) is 0 Å². The number of nitrogen functional groups attached to an aromatic ring is 1. The van der Waals surface area contributed by atoms with E-state index in [1.54, 1.807) is 0 Å². The lowest BCUT2D eigenvalue weighted by atomic mass is 9.96. The standard InChI is InChI=1S/C17H17N/c1-11(2)14-6-5-12-3-4-13-7-8-15(18)10-17(13)16(12)9-14/h3-11H,18H2,1-2H3. The molecule has 0 atom stereocenters. The predicted octanol–water partition coefficient (Wildman–Crippen LogP) is 4.70. The van der Waals surface area contributed by atoms with Crippen LogP contribution in [-0.2, 0) is 0 Å².